The number of rotatable bonds is 8. The van der Waals surface area contributed by atoms with Crippen LogP contribution in [0.3, 0.4) is 0 Å². The van der Waals surface area contributed by atoms with Gasteiger partial charge in [-0.2, -0.15) is 0 Å². The molecule has 3 aliphatic carbocycles. The summed E-state index contributed by atoms with van der Waals surface area (Å²) in [4.78, 5) is 0. The Hall–Kier alpha value is -7.42. The minimum Gasteiger partial charge on any atom is -0.313 e. The molecule has 9 aromatic rings. The molecule has 0 fully saturated rings. The fraction of sp³-hybridized carbons (Fsp3) is 0.143. The van der Waals surface area contributed by atoms with E-state index in [0.29, 0.717) is 17.8 Å². The highest BCUT2D eigenvalue weighted by molar-refractivity contribution is 6.11. The van der Waals surface area contributed by atoms with Gasteiger partial charge in [-0.05, 0) is 148 Å². The van der Waals surface area contributed by atoms with Gasteiger partial charge in [0, 0.05) is 50.9 Å². The van der Waals surface area contributed by atoms with E-state index in [1.54, 1.807) is 0 Å². The van der Waals surface area contributed by atoms with Crippen molar-refractivity contribution >= 4 is 39.5 Å². The van der Waals surface area contributed by atoms with E-state index in [4.69, 9.17) is 0 Å². The standard InChI is InChI=1S/C63H52N2/c1-42-18-24-49(25-19-42)52-28-35-62-58(40-52)59-41-53(48-16-10-5-11-17-48)36-43(2)63(59)65(62)55-31-22-45(23-32-55)37-44-20-29-54(30-21-44)64-60-33-26-50(46-12-6-3-7-13-46)38-56(60)57-39-51(27-34-61(57)64)47-14-8-4-9-15-47/h3-18,20-35,38-39,41-43,52H,19,36-37,40H2,1-2H3. The van der Waals surface area contributed by atoms with Crippen molar-refractivity contribution in [3.8, 4) is 33.6 Å². The Bertz CT molecular complexity index is 3260. The molecule has 0 N–H and O–H groups in total. The summed E-state index contributed by atoms with van der Waals surface area (Å²) in [6.07, 6.45) is 18.7. The van der Waals surface area contributed by atoms with Crippen molar-refractivity contribution in [2.75, 3.05) is 0 Å². The molecule has 2 aromatic heterocycles. The van der Waals surface area contributed by atoms with Gasteiger partial charge in [0.15, 0.2) is 0 Å². The van der Waals surface area contributed by atoms with Gasteiger partial charge in [0.25, 0.3) is 0 Å². The first-order valence-corrected chi connectivity index (χ1v) is 23.5. The van der Waals surface area contributed by atoms with Gasteiger partial charge in [0.05, 0.1) is 11.0 Å². The summed E-state index contributed by atoms with van der Waals surface area (Å²) >= 11 is 0. The molecule has 3 aliphatic rings. The zero-order valence-corrected chi connectivity index (χ0v) is 37.2. The van der Waals surface area contributed by atoms with E-state index in [1.807, 2.05) is 0 Å². The Morgan fingerprint density at radius 3 is 1.62 bits per heavy atom. The fourth-order valence-corrected chi connectivity index (χ4v) is 10.9. The van der Waals surface area contributed by atoms with Crippen LogP contribution in [0, 0.1) is 11.8 Å². The molecule has 0 radical (unpaired) electrons. The van der Waals surface area contributed by atoms with Crippen molar-refractivity contribution in [2.45, 2.75) is 45.4 Å². The predicted octanol–water partition coefficient (Wildman–Crippen LogP) is 16.3. The molecule has 0 amide bonds. The lowest BCUT2D eigenvalue weighted by atomic mass is 9.80. The van der Waals surface area contributed by atoms with Crippen molar-refractivity contribution in [2.24, 2.45) is 11.8 Å². The first-order chi connectivity index (χ1) is 32.0. The van der Waals surface area contributed by atoms with Crippen LogP contribution < -0.4 is 0 Å². The summed E-state index contributed by atoms with van der Waals surface area (Å²) in [5.41, 5.74) is 22.3. The highest BCUT2D eigenvalue weighted by Crippen LogP contribution is 2.46. The Kier molecular flexibility index (Phi) is 9.82. The van der Waals surface area contributed by atoms with Crippen molar-refractivity contribution in [1.29, 1.82) is 0 Å². The average Bonchev–Trinajstić information content (AvgIpc) is 3.87. The van der Waals surface area contributed by atoms with E-state index >= 15 is 0 Å². The van der Waals surface area contributed by atoms with E-state index in [0.717, 1.165) is 25.7 Å². The van der Waals surface area contributed by atoms with Gasteiger partial charge in [-0.3, -0.25) is 0 Å². The molecule has 314 valence electrons. The number of aromatic nitrogens is 2. The smallest absolute Gasteiger partial charge is 0.0541 e. The third-order valence-corrected chi connectivity index (χ3v) is 14.3. The van der Waals surface area contributed by atoms with Crippen molar-refractivity contribution in [3.63, 3.8) is 0 Å². The molecule has 0 saturated heterocycles. The summed E-state index contributed by atoms with van der Waals surface area (Å²) in [6.45, 7) is 4.73. The zero-order valence-electron chi connectivity index (χ0n) is 37.2. The van der Waals surface area contributed by atoms with Gasteiger partial charge in [-0.1, -0.05) is 166 Å². The third-order valence-electron chi connectivity index (χ3n) is 14.3. The van der Waals surface area contributed by atoms with E-state index in [2.05, 4.69) is 235 Å². The maximum Gasteiger partial charge on any atom is 0.0541 e. The van der Waals surface area contributed by atoms with Crippen LogP contribution in [0.2, 0.25) is 0 Å². The second-order valence-corrected chi connectivity index (χ2v) is 18.6. The highest BCUT2D eigenvalue weighted by atomic mass is 15.0. The van der Waals surface area contributed by atoms with Gasteiger partial charge in [0.2, 0.25) is 0 Å². The van der Waals surface area contributed by atoms with Gasteiger partial charge in [-0.15, -0.1) is 0 Å². The molecule has 2 heterocycles. The lowest BCUT2D eigenvalue weighted by Crippen LogP contribution is -2.12. The molecule has 0 spiro atoms. The fourth-order valence-electron chi connectivity index (χ4n) is 10.9. The molecule has 3 atom stereocenters. The highest BCUT2D eigenvalue weighted by Gasteiger charge is 2.32. The lowest BCUT2D eigenvalue weighted by Gasteiger charge is -2.24. The Morgan fingerprint density at radius 2 is 1.06 bits per heavy atom. The van der Waals surface area contributed by atoms with Crippen LogP contribution in [0.1, 0.15) is 71.8 Å². The molecule has 65 heavy (non-hydrogen) atoms. The maximum atomic E-state index is 2.59. The van der Waals surface area contributed by atoms with Crippen molar-refractivity contribution in [1.82, 2.24) is 9.13 Å². The topological polar surface area (TPSA) is 9.86 Å². The van der Waals surface area contributed by atoms with Gasteiger partial charge in [-0.25, -0.2) is 0 Å². The summed E-state index contributed by atoms with van der Waals surface area (Å²) in [5, 5.41) is 2.53. The number of allylic oxidation sites excluding steroid dienone is 6. The first-order valence-electron chi connectivity index (χ1n) is 23.5. The molecule has 12 rings (SSSR count). The lowest BCUT2D eigenvalue weighted by molar-refractivity contribution is 0.692. The summed E-state index contributed by atoms with van der Waals surface area (Å²) in [5.74, 6) is 1.41. The Morgan fingerprint density at radius 1 is 0.508 bits per heavy atom. The Labute approximate surface area is 382 Å². The number of hydrogen-bond acceptors (Lipinski definition) is 0. The Balaban J connectivity index is 0.866. The van der Waals surface area contributed by atoms with Crippen LogP contribution in [-0.4, -0.2) is 9.13 Å². The predicted molar refractivity (Wildman–Crippen MR) is 275 cm³/mol. The quantitative estimate of drug-likeness (QED) is 0.144. The van der Waals surface area contributed by atoms with Gasteiger partial charge in [0.1, 0.15) is 0 Å². The summed E-state index contributed by atoms with van der Waals surface area (Å²) in [7, 11) is 0. The largest absolute Gasteiger partial charge is 0.313 e. The second-order valence-electron chi connectivity index (χ2n) is 18.6. The maximum absolute atomic E-state index is 2.59. The molecule has 2 nitrogen and oxygen atoms in total. The number of nitrogens with zero attached hydrogens (tertiary/aromatic N) is 2. The van der Waals surface area contributed by atoms with Gasteiger partial charge >= 0.3 is 0 Å². The molecule has 7 aromatic carbocycles. The SMILES string of the molecule is CC1C=CC(C2C=Cc3c(c4c(n3-c3ccc(Cc5ccc(-n6c7ccc(-c8ccccc8)cc7c7cc(-c8ccccc8)ccc76)cc5)cc3)C(C)CC(c3ccccc3)=C4)C2)=CC1. The molecular weight excluding hydrogens is 785 g/mol. The van der Waals surface area contributed by atoms with Crippen LogP contribution in [0.15, 0.2) is 206 Å². The van der Waals surface area contributed by atoms with E-state index < -0.39 is 0 Å². The van der Waals surface area contributed by atoms with Crippen LogP contribution in [-0.2, 0) is 12.8 Å². The minimum atomic E-state index is 0.391. The van der Waals surface area contributed by atoms with Crippen molar-refractivity contribution < 1.29 is 0 Å². The van der Waals surface area contributed by atoms with E-state index in [9.17, 15) is 0 Å². The van der Waals surface area contributed by atoms with E-state index in [1.165, 1.54) is 106 Å². The monoisotopic (exact) mass is 836 g/mol. The number of fused-ring (bicyclic) bond motifs is 6. The molecule has 0 aliphatic heterocycles. The van der Waals surface area contributed by atoms with Crippen LogP contribution in [0.25, 0.3) is 73.2 Å². The van der Waals surface area contributed by atoms with Crippen molar-refractivity contribution in [3.05, 3.63) is 245 Å². The van der Waals surface area contributed by atoms with Crippen LogP contribution in [0.4, 0.5) is 0 Å². The summed E-state index contributed by atoms with van der Waals surface area (Å²) in [6, 6.07) is 64.9. The average molecular weight is 837 g/mol. The second kappa shape index (κ2) is 16.3. The molecule has 2 heteroatoms. The first kappa shape index (κ1) is 39.2. The molecule has 0 saturated carbocycles. The number of hydrogen-bond donors (Lipinski definition) is 0. The number of benzene rings is 7. The molecule has 3 unspecified atom stereocenters. The van der Waals surface area contributed by atoms with Gasteiger partial charge < -0.3 is 9.13 Å². The zero-order chi connectivity index (χ0) is 43.4. The van der Waals surface area contributed by atoms with Crippen LogP contribution >= 0.6 is 0 Å². The minimum absolute atomic E-state index is 0.391. The molecule has 0 bridgehead atoms. The van der Waals surface area contributed by atoms with E-state index in [-0.39, 0.29) is 0 Å². The molecular formula is C63H52N2. The van der Waals surface area contributed by atoms with Crippen LogP contribution in [0.5, 0.6) is 0 Å². The normalized spacial score (nSPS) is 17.8. The third kappa shape index (κ3) is 7.15. The summed E-state index contributed by atoms with van der Waals surface area (Å²) < 4.78 is 5.02.